The maximum Gasteiger partial charge on any atom is 0.303 e. The molecule has 0 atom stereocenters. The van der Waals surface area contributed by atoms with E-state index in [1.807, 2.05) is 6.08 Å². The second-order valence-corrected chi connectivity index (χ2v) is 6.97. The van der Waals surface area contributed by atoms with Gasteiger partial charge in [0.1, 0.15) is 0 Å². The van der Waals surface area contributed by atoms with Crippen LogP contribution in [0.3, 0.4) is 0 Å². The third kappa shape index (κ3) is 3.74. The van der Waals surface area contributed by atoms with Crippen LogP contribution in [0.5, 0.6) is 0 Å². The van der Waals surface area contributed by atoms with Crippen LogP contribution in [0.2, 0.25) is 0 Å². The lowest BCUT2D eigenvalue weighted by Crippen LogP contribution is -2.50. The third-order valence-electron chi connectivity index (χ3n) is 4.67. The summed E-state index contributed by atoms with van der Waals surface area (Å²) in [6.07, 6.45) is 7.27. The van der Waals surface area contributed by atoms with E-state index in [0.717, 1.165) is 12.8 Å². The molecule has 0 aromatic rings. The van der Waals surface area contributed by atoms with E-state index >= 15 is 0 Å². The highest BCUT2D eigenvalue weighted by Gasteiger charge is 2.31. The fraction of sp³-hybridized carbons (Fsp3) is 0.647. The van der Waals surface area contributed by atoms with Crippen LogP contribution in [0.4, 0.5) is 0 Å². The lowest BCUT2D eigenvalue weighted by Gasteiger charge is -2.38. The van der Waals surface area contributed by atoms with Crippen LogP contribution in [0.1, 0.15) is 46.5 Å². The van der Waals surface area contributed by atoms with Crippen molar-refractivity contribution in [1.82, 2.24) is 4.90 Å². The van der Waals surface area contributed by atoms with Crippen molar-refractivity contribution in [2.24, 2.45) is 11.3 Å². The van der Waals surface area contributed by atoms with Gasteiger partial charge >= 0.3 is 5.97 Å². The Bertz CT molecular complexity index is 496. The number of rotatable bonds is 4. The van der Waals surface area contributed by atoms with Crippen LogP contribution in [0.15, 0.2) is 23.3 Å². The van der Waals surface area contributed by atoms with E-state index in [9.17, 15) is 9.59 Å². The molecule has 0 radical (unpaired) electrons. The molecule has 4 heteroatoms. The van der Waals surface area contributed by atoms with Gasteiger partial charge in [-0.25, -0.2) is 0 Å². The smallest absolute Gasteiger partial charge is 0.303 e. The number of aliphatic carboxylic acids is 1. The summed E-state index contributed by atoms with van der Waals surface area (Å²) in [4.78, 5) is 24.4. The number of nitrogens with zero attached hydrogens (tertiary/aromatic N) is 1. The molecule has 1 N–H and O–H groups in total. The quantitative estimate of drug-likeness (QED) is 0.810. The zero-order valence-electron chi connectivity index (χ0n) is 13.2. The number of hydrogen-bond acceptors (Lipinski definition) is 2. The normalized spacial score (nSPS) is 22.5. The molecule has 0 aromatic carbocycles. The van der Waals surface area contributed by atoms with Crippen molar-refractivity contribution in [2.45, 2.75) is 46.5 Å². The molecule has 0 spiro atoms. The summed E-state index contributed by atoms with van der Waals surface area (Å²) in [5.41, 5.74) is 2.80. The van der Waals surface area contributed by atoms with E-state index in [0.29, 0.717) is 13.1 Å². The minimum atomic E-state index is -0.785. The summed E-state index contributed by atoms with van der Waals surface area (Å²) in [7, 11) is 0. The van der Waals surface area contributed by atoms with Gasteiger partial charge in [0, 0.05) is 25.1 Å². The number of carbonyl (C=O) groups is 2. The van der Waals surface area contributed by atoms with Crippen LogP contribution in [0, 0.1) is 11.3 Å². The highest BCUT2D eigenvalue weighted by Crippen LogP contribution is 2.40. The molecule has 1 amide bonds. The Morgan fingerprint density at radius 1 is 1.38 bits per heavy atom. The first-order valence-corrected chi connectivity index (χ1v) is 7.68. The van der Waals surface area contributed by atoms with Gasteiger partial charge < -0.3 is 10.0 Å². The highest BCUT2D eigenvalue weighted by molar-refractivity contribution is 5.89. The van der Waals surface area contributed by atoms with Crippen molar-refractivity contribution < 1.29 is 14.7 Å². The number of hydrogen-bond donors (Lipinski definition) is 1. The third-order valence-corrected chi connectivity index (χ3v) is 4.67. The largest absolute Gasteiger partial charge is 0.481 e. The van der Waals surface area contributed by atoms with Gasteiger partial charge in [0.2, 0.25) is 5.91 Å². The molecule has 0 unspecified atom stereocenters. The fourth-order valence-corrected chi connectivity index (χ4v) is 3.40. The monoisotopic (exact) mass is 291 g/mol. The predicted octanol–water partition coefficient (Wildman–Crippen LogP) is 3.00. The number of likely N-dealkylation sites (tertiary alicyclic amines) is 1. The highest BCUT2D eigenvalue weighted by atomic mass is 16.4. The van der Waals surface area contributed by atoms with E-state index < -0.39 is 5.97 Å². The molecule has 0 saturated carbocycles. The Kier molecular flexibility index (Phi) is 4.55. The van der Waals surface area contributed by atoms with Crippen molar-refractivity contribution in [3.8, 4) is 0 Å². The lowest BCUT2D eigenvalue weighted by atomic mass is 9.72. The van der Waals surface area contributed by atoms with E-state index in [4.69, 9.17) is 5.11 Å². The maximum absolute atomic E-state index is 12.1. The minimum absolute atomic E-state index is 0.00156. The fourth-order valence-electron chi connectivity index (χ4n) is 3.40. The first-order chi connectivity index (χ1) is 9.79. The molecule has 1 aliphatic heterocycles. The van der Waals surface area contributed by atoms with E-state index in [2.05, 4.69) is 20.8 Å². The zero-order valence-corrected chi connectivity index (χ0v) is 13.2. The molecular weight excluding hydrogens is 266 g/mol. The molecule has 2 rings (SSSR count). The Balaban J connectivity index is 1.93. The van der Waals surface area contributed by atoms with Gasteiger partial charge in [0.25, 0.3) is 0 Å². The zero-order chi connectivity index (χ0) is 15.6. The van der Waals surface area contributed by atoms with Gasteiger partial charge in [0.15, 0.2) is 0 Å². The molecule has 4 nitrogen and oxygen atoms in total. The molecule has 2 aliphatic rings. The molecule has 1 fully saturated rings. The van der Waals surface area contributed by atoms with Gasteiger partial charge in [-0.3, -0.25) is 9.59 Å². The van der Waals surface area contributed by atoms with Gasteiger partial charge in [0.05, 0.1) is 6.42 Å². The van der Waals surface area contributed by atoms with Crippen molar-refractivity contribution in [3.63, 3.8) is 0 Å². The average molecular weight is 291 g/mol. The number of carboxylic acids is 1. The van der Waals surface area contributed by atoms with E-state index in [1.165, 1.54) is 17.6 Å². The summed E-state index contributed by atoms with van der Waals surface area (Å²) in [6, 6.07) is 0. The summed E-state index contributed by atoms with van der Waals surface area (Å²) in [6.45, 7) is 7.74. The Labute approximate surface area is 126 Å². The van der Waals surface area contributed by atoms with Crippen LogP contribution < -0.4 is 0 Å². The molecule has 0 aromatic heterocycles. The Morgan fingerprint density at radius 2 is 2.05 bits per heavy atom. The molecular formula is C17H25NO3. The van der Waals surface area contributed by atoms with Gasteiger partial charge in [-0.05, 0) is 37.2 Å². The predicted molar refractivity (Wildman–Crippen MR) is 81.8 cm³/mol. The summed E-state index contributed by atoms with van der Waals surface area (Å²) in [5, 5.41) is 8.71. The first kappa shape index (κ1) is 15.8. The number of amides is 1. The summed E-state index contributed by atoms with van der Waals surface area (Å²) < 4.78 is 0. The number of allylic oxidation sites excluding steroid dienone is 3. The van der Waals surface area contributed by atoms with Crippen molar-refractivity contribution >= 4 is 11.9 Å². The molecule has 21 heavy (non-hydrogen) atoms. The van der Waals surface area contributed by atoms with E-state index in [-0.39, 0.29) is 23.7 Å². The summed E-state index contributed by atoms with van der Waals surface area (Å²) >= 11 is 0. The molecule has 1 aliphatic carbocycles. The van der Waals surface area contributed by atoms with Crippen LogP contribution >= 0.6 is 0 Å². The number of carbonyl (C=O) groups excluding carboxylic acids is 1. The SMILES string of the molecule is CC1=C(C=CC(=O)N2CC(CC(=O)O)C2)C(C)(C)CCC1. The molecule has 1 heterocycles. The second-order valence-electron chi connectivity index (χ2n) is 6.97. The van der Waals surface area contributed by atoms with Crippen LogP contribution in [-0.4, -0.2) is 35.0 Å². The minimum Gasteiger partial charge on any atom is -0.481 e. The molecule has 116 valence electrons. The van der Waals surface area contributed by atoms with Crippen LogP contribution in [-0.2, 0) is 9.59 Å². The Hall–Kier alpha value is -1.58. The topological polar surface area (TPSA) is 57.6 Å². The van der Waals surface area contributed by atoms with E-state index in [1.54, 1.807) is 11.0 Å². The summed E-state index contributed by atoms with van der Waals surface area (Å²) in [5.74, 6) is -0.669. The second kappa shape index (κ2) is 6.04. The van der Waals surface area contributed by atoms with Crippen molar-refractivity contribution in [3.05, 3.63) is 23.3 Å². The Morgan fingerprint density at radius 3 is 2.62 bits per heavy atom. The van der Waals surface area contributed by atoms with Gasteiger partial charge in [-0.15, -0.1) is 0 Å². The van der Waals surface area contributed by atoms with Crippen molar-refractivity contribution in [1.29, 1.82) is 0 Å². The van der Waals surface area contributed by atoms with Crippen molar-refractivity contribution in [2.75, 3.05) is 13.1 Å². The number of carboxylic acid groups (broad SMARTS) is 1. The van der Waals surface area contributed by atoms with Crippen LogP contribution in [0.25, 0.3) is 0 Å². The molecule has 1 saturated heterocycles. The van der Waals surface area contributed by atoms with Gasteiger partial charge in [-0.2, -0.15) is 0 Å². The maximum atomic E-state index is 12.1. The average Bonchev–Trinajstić information content (AvgIpc) is 2.31. The standard InChI is InChI=1S/C17H25NO3/c1-12-5-4-8-17(2,3)14(12)6-7-15(19)18-10-13(11-18)9-16(20)21/h6-7,13H,4-5,8-11H2,1-3H3,(H,20,21). The van der Waals surface area contributed by atoms with Gasteiger partial charge in [-0.1, -0.05) is 25.5 Å². The lowest BCUT2D eigenvalue weighted by molar-refractivity contribution is -0.143. The first-order valence-electron chi connectivity index (χ1n) is 7.68. The molecule has 0 bridgehead atoms.